The van der Waals surface area contributed by atoms with Gasteiger partial charge in [0.05, 0.1) is 24.6 Å². The van der Waals surface area contributed by atoms with Crippen LogP contribution in [-0.4, -0.2) is 53.6 Å². The van der Waals surface area contributed by atoms with Gasteiger partial charge in [0, 0.05) is 25.1 Å². The third-order valence-electron chi connectivity index (χ3n) is 5.47. The molecular formula is C22H26N4O6. The van der Waals surface area contributed by atoms with Crippen LogP contribution in [0.3, 0.4) is 0 Å². The Hall–Kier alpha value is -3.56. The van der Waals surface area contributed by atoms with Gasteiger partial charge < -0.3 is 14.4 Å². The second kappa shape index (κ2) is 10.7. The summed E-state index contributed by atoms with van der Waals surface area (Å²) >= 11 is 0. The van der Waals surface area contributed by atoms with Gasteiger partial charge in [0.1, 0.15) is 6.33 Å². The van der Waals surface area contributed by atoms with Crippen LogP contribution in [0.25, 0.3) is 11.3 Å². The molecule has 3 rings (SSSR count). The highest BCUT2D eigenvalue weighted by atomic mass is 16.6. The molecule has 0 unspecified atom stereocenters. The number of ether oxygens (including phenoxy) is 2. The van der Waals surface area contributed by atoms with Crippen LogP contribution >= 0.6 is 0 Å². The SMILES string of the molecule is CCOC(=O)C1CCN(c2ncnc(-c3ccc(CCC(=O)OC)cc3)c2[N+](=O)[O-])CC1. The highest BCUT2D eigenvalue weighted by Gasteiger charge is 2.32. The molecule has 1 fully saturated rings. The second-order valence-electron chi connectivity index (χ2n) is 7.44. The molecule has 170 valence electrons. The summed E-state index contributed by atoms with van der Waals surface area (Å²) in [6, 6.07) is 7.13. The van der Waals surface area contributed by atoms with Gasteiger partial charge >= 0.3 is 17.6 Å². The van der Waals surface area contributed by atoms with E-state index in [4.69, 9.17) is 4.74 Å². The second-order valence-corrected chi connectivity index (χ2v) is 7.44. The van der Waals surface area contributed by atoms with Crippen LogP contribution in [0.1, 0.15) is 31.7 Å². The predicted octanol–water partition coefficient (Wildman–Crippen LogP) is 2.94. The highest BCUT2D eigenvalue weighted by molar-refractivity contribution is 5.78. The standard InChI is InChI=1S/C22H26N4O6/c1-3-32-22(28)17-10-12-25(13-11-17)21-20(26(29)30)19(23-14-24-21)16-7-4-15(5-8-16)6-9-18(27)31-2/h4-5,7-8,14,17H,3,6,9-13H2,1-2H3. The van der Waals surface area contributed by atoms with Crippen molar-refractivity contribution in [2.45, 2.75) is 32.6 Å². The van der Waals surface area contributed by atoms with Crippen molar-refractivity contribution >= 4 is 23.4 Å². The first-order valence-electron chi connectivity index (χ1n) is 10.5. The number of carbonyl (C=O) groups is 2. The molecule has 0 spiro atoms. The number of methoxy groups -OCH3 is 1. The molecule has 0 saturated carbocycles. The molecule has 0 atom stereocenters. The molecule has 1 aromatic carbocycles. The summed E-state index contributed by atoms with van der Waals surface area (Å²) in [7, 11) is 1.34. The third kappa shape index (κ3) is 5.37. The minimum absolute atomic E-state index is 0.163. The lowest BCUT2D eigenvalue weighted by atomic mass is 9.97. The zero-order valence-electron chi connectivity index (χ0n) is 18.2. The minimum atomic E-state index is -0.465. The quantitative estimate of drug-likeness (QED) is 0.345. The fourth-order valence-electron chi connectivity index (χ4n) is 3.75. The molecule has 0 amide bonds. The van der Waals surface area contributed by atoms with Gasteiger partial charge in [-0.2, -0.15) is 0 Å². The Balaban J connectivity index is 1.81. The van der Waals surface area contributed by atoms with E-state index in [0.29, 0.717) is 44.5 Å². The summed E-state index contributed by atoms with van der Waals surface area (Å²) in [5.41, 5.74) is 1.57. The van der Waals surface area contributed by atoms with E-state index < -0.39 is 4.92 Å². The summed E-state index contributed by atoms with van der Waals surface area (Å²) in [6.07, 6.45) is 3.18. The lowest BCUT2D eigenvalue weighted by molar-refractivity contribution is -0.383. The average molecular weight is 442 g/mol. The number of carbonyl (C=O) groups excluding carboxylic acids is 2. The van der Waals surface area contributed by atoms with Gasteiger partial charge in [-0.05, 0) is 31.7 Å². The van der Waals surface area contributed by atoms with Gasteiger partial charge in [-0.1, -0.05) is 24.3 Å². The molecule has 1 aliphatic rings. The number of hydrogen-bond donors (Lipinski definition) is 0. The smallest absolute Gasteiger partial charge is 0.337 e. The Bertz CT molecular complexity index is 971. The van der Waals surface area contributed by atoms with Crippen molar-refractivity contribution in [2.24, 2.45) is 5.92 Å². The molecule has 2 heterocycles. The van der Waals surface area contributed by atoms with Crippen LogP contribution in [0, 0.1) is 16.0 Å². The van der Waals surface area contributed by atoms with E-state index in [0.717, 1.165) is 5.56 Å². The van der Waals surface area contributed by atoms with Crippen molar-refractivity contribution in [3.8, 4) is 11.3 Å². The monoisotopic (exact) mass is 442 g/mol. The maximum Gasteiger partial charge on any atom is 0.337 e. The van der Waals surface area contributed by atoms with Crippen LogP contribution in [0.5, 0.6) is 0 Å². The molecule has 0 bridgehead atoms. The molecule has 0 N–H and O–H groups in total. The highest BCUT2D eigenvalue weighted by Crippen LogP contribution is 2.36. The van der Waals surface area contributed by atoms with Gasteiger partial charge in [-0.25, -0.2) is 9.97 Å². The summed E-state index contributed by atoms with van der Waals surface area (Å²) < 4.78 is 9.74. The van der Waals surface area contributed by atoms with Crippen LogP contribution in [-0.2, 0) is 25.5 Å². The van der Waals surface area contributed by atoms with E-state index in [1.165, 1.54) is 13.4 Å². The number of aryl methyl sites for hydroxylation is 1. The van der Waals surface area contributed by atoms with Crippen molar-refractivity contribution < 1.29 is 24.0 Å². The number of nitro groups is 1. The number of anilines is 1. The van der Waals surface area contributed by atoms with Crippen molar-refractivity contribution in [1.82, 2.24) is 9.97 Å². The zero-order valence-corrected chi connectivity index (χ0v) is 18.2. The van der Waals surface area contributed by atoms with Crippen molar-refractivity contribution in [2.75, 3.05) is 31.7 Å². The van der Waals surface area contributed by atoms with Gasteiger partial charge in [0.2, 0.25) is 5.82 Å². The van der Waals surface area contributed by atoms with Crippen LogP contribution in [0.4, 0.5) is 11.5 Å². The molecule has 10 heteroatoms. The first-order valence-corrected chi connectivity index (χ1v) is 10.5. The molecule has 10 nitrogen and oxygen atoms in total. The Morgan fingerprint density at radius 2 is 1.88 bits per heavy atom. The molecule has 0 aliphatic carbocycles. The average Bonchev–Trinajstić information content (AvgIpc) is 2.82. The fraction of sp³-hybridized carbons (Fsp3) is 0.455. The van der Waals surface area contributed by atoms with Gasteiger partial charge in [-0.3, -0.25) is 19.7 Å². The zero-order chi connectivity index (χ0) is 23.1. The number of aromatic nitrogens is 2. The molecule has 2 aromatic rings. The number of benzene rings is 1. The maximum atomic E-state index is 12.0. The topological polar surface area (TPSA) is 125 Å². The minimum Gasteiger partial charge on any atom is -0.469 e. The number of esters is 2. The first-order chi connectivity index (χ1) is 15.4. The molecular weight excluding hydrogens is 416 g/mol. The molecule has 1 aromatic heterocycles. The number of hydrogen-bond acceptors (Lipinski definition) is 9. The molecule has 1 aliphatic heterocycles. The Morgan fingerprint density at radius 1 is 1.19 bits per heavy atom. The van der Waals surface area contributed by atoms with Crippen LogP contribution in [0.2, 0.25) is 0 Å². The maximum absolute atomic E-state index is 12.0. The van der Waals surface area contributed by atoms with E-state index in [9.17, 15) is 19.7 Å². The molecule has 0 radical (unpaired) electrons. The Labute approximate surface area is 185 Å². The van der Waals surface area contributed by atoms with E-state index >= 15 is 0 Å². The van der Waals surface area contributed by atoms with E-state index in [-0.39, 0.29) is 41.5 Å². The Kier molecular flexibility index (Phi) is 7.69. The van der Waals surface area contributed by atoms with Crippen LogP contribution < -0.4 is 4.90 Å². The lowest BCUT2D eigenvalue weighted by Crippen LogP contribution is -2.37. The van der Waals surface area contributed by atoms with Crippen LogP contribution in [0.15, 0.2) is 30.6 Å². The molecule has 1 saturated heterocycles. The van der Waals surface area contributed by atoms with E-state index in [1.807, 2.05) is 17.0 Å². The van der Waals surface area contributed by atoms with Crippen molar-refractivity contribution in [3.05, 3.63) is 46.3 Å². The predicted molar refractivity (Wildman–Crippen MR) is 116 cm³/mol. The van der Waals surface area contributed by atoms with Gasteiger partial charge in [0.25, 0.3) is 0 Å². The Morgan fingerprint density at radius 3 is 2.47 bits per heavy atom. The summed E-state index contributed by atoms with van der Waals surface area (Å²) in [5, 5.41) is 12.0. The number of nitrogens with zero attached hydrogens (tertiary/aromatic N) is 4. The summed E-state index contributed by atoms with van der Waals surface area (Å²) in [6.45, 7) is 3.03. The summed E-state index contributed by atoms with van der Waals surface area (Å²) in [4.78, 5) is 45.0. The number of piperidine rings is 1. The normalized spacial score (nSPS) is 14.1. The third-order valence-corrected chi connectivity index (χ3v) is 5.47. The first kappa shape index (κ1) is 23.1. The lowest BCUT2D eigenvalue weighted by Gasteiger charge is -2.31. The van der Waals surface area contributed by atoms with Gasteiger partial charge in [0.15, 0.2) is 5.69 Å². The number of rotatable bonds is 8. The fourth-order valence-corrected chi connectivity index (χ4v) is 3.75. The van der Waals surface area contributed by atoms with E-state index in [2.05, 4.69) is 14.7 Å². The van der Waals surface area contributed by atoms with Crippen molar-refractivity contribution in [1.29, 1.82) is 0 Å². The summed E-state index contributed by atoms with van der Waals surface area (Å²) in [5.74, 6) is -0.477. The molecule has 32 heavy (non-hydrogen) atoms. The largest absolute Gasteiger partial charge is 0.469 e. The van der Waals surface area contributed by atoms with E-state index in [1.54, 1.807) is 19.1 Å². The van der Waals surface area contributed by atoms with Gasteiger partial charge in [-0.15, -0.1) is 0 Å². The van der Waals surface area contributed by atoms with Crippen molar-refractivity contribution in [3.63, 3.8) is 0 Å².